The molecule has 0 bridgehead atoms. The minimum absolute atomic E-state index is 0. The van der Waals surface area contributed by atoms with Gasteiger partial charge in [-0.3, -0.25) is 0 Å². The Labute approximate surface area is 122 Å². The summed E-state index contributed by atoms with van der Waals surface area (Å²) in [5.74, 6) is 0. The highest BCUT2D eigenvalue weighted by molar-refractivity contribution is 8.00. The van der Waals surface area contributed by atoms with Gasteiger partial charge < -0.3 is 5.73 Å². The summed E-state index contributed by atoms with van der Waals surface area (Å²) in [6, 6.07) is 6.03. The summed E-state index contributed by atoms with van der Waals surface area (Å²) in [6.45, 7) is 6.05. The first-order chi connectivity index (χ1) is 8.08. The van der Waals surface area contributed by atoms with Crippen molar-refractivity contribution in [2.75, 3.05) is 0 Å². The number of hydrogen-bond donors (Lipinski definition) is 1. The molecule has 0 radical (unpaired) electrons. The van der Waals surface area contributed by atoms with Gasteiger partial charge in [-0.05, 0) is 11.6 Å². The van der Waals surface area contributed by atoms with Crippen molar-refractivity contribution in [1.29, 1.82) is 0 Å². The highest BCUT2D eigenvalue weighted by Gasteiger charge is 2.32. The number of nitrogens with two attached hydrogens (primary N) is 1. The van der Waals surface area contributed by atoms with E-state index in [4.69, 9.17) is 5.73 Å². The molecule has 110 valence electrons. The van der Waals surface area contributed by atoms with Crippen molar-refractivity contribution >= 4 is 24.2 Å². The highest BCUT2D eigenvalue weighted by Crippen LogP contribution is 2.38. The van der Waals surface area contributed by atoms with Crippen LogP contribution >= 0.6 is 24.2 Å². The van der Waals surface area contributed by atoms with Gasteiger partial charge in [0, 0.05) is 15.7 Å². The van der Waals surface area contributed by atoms with E-state index in [1.807, 2.05) is 32.9 Å². The summed E-state index contributed by atoms with van der Waals surface area (Å²) in [7, 11) is 0. The Morgan fingerprint density at radius 3 is 2.16 bits per heavy atom. The van der Waals surface area contributed by atoms with E-state index in [-0.39, 0.29) is 17.2 Å². The molecule has 0 aliphatic carbocycles. The summed E-state index contributed by atoms with van der Waals surface area (Å²) in [5, 5.41) is 0. The third-order valence-corrected chi connectivity index (χ3v) is 3.39. The first kappa shape index (κ1) is 18.6. The average molecular weight is 314 g/mol. The average Bonchev–Trinajstić information content (AvgIpc) is 2.12. The molecular formula is C13H19ClF3NS. The molecule has 0 aromatic heterocycles. The molecule has 0 saturated heterocycles. The lowest BCUT2D eigenvalue weighted by Gasteiger charge is -2.22. The predicted molar refractivity (Wildman–Crippen MR) is 76.9 cm³/mol. The number of thioether (sulfide) groups is 1. The van der Waals surface area contributed by atoms with Gasteiger partial charge in [-0.1, -0.05) is 39.0 Å². The van der Waals surface area contributed by atoms with Crippen molar-refractivity contribution in [3.8, 4) is 0 Å². The maximum absolute atomic E-state index is 12.4. The Morgan fingerprint density at radius 1 is 1.16 bits per heavy atom. The molecule has 0 fully saturated rings. The van der Waals surface area contributed by atoms with Crippen LogP contribution < -0.4 is 5.73 Å². The maximum atomic E-state index is 12.4. The third kappa shape index (κ3) is 7.09. The Balaban J connectivity index is 0.00000324. The van der Waals surface area contributed by atoms with Crippen LogP contribution in [0, 0.1) is 0 Å². The fraction of sp³-hybridized carbons (Fsp3) is 0.538. The maximum Gasteiger partial charge on any atom is 0.390 e. The number of rotatable bonds is 3. The lowest BCUT2D eigenvalue weighted by Crippen LogP contribution is -2.21. The number of benzene rings is 1. The molecule has 2 N–H and O–H groups in total. The van der Waals surface area contributed by atoms with Gasteiger partial charge in [0.2, 0.25) is 0 Å². The molecule has 0 heterocycles. The van der Waals surface area contributed by atoms with Crippen molar-refractivity contribution in [2.45, 2.75) is 49.1 Å². The zero-order valence-corrected chi connectivity index (χ0v) is 12.8. The van der Waals surface area contributed by atoms with Gasteiger partial charge in [-0.25, -0.2) is 0 Å². The molecule has 1 nitrogen and oxygen atoms in total. The molecule has 0 unspecified atom stereocenters. The van der Waals surface area contributed by atoms with Crippen molar-refractivity contribution in [2.24, 2.45) is 5.73 Å². The minimum atomic E-state index is -4.24. The van der Waals surface area contributed by atoms with E-state index < -0.39 is 18.6 Å². The van der Waals surface area contributed by atoms with E-state index in [9.17, 15) is 13.2 Å². The first-order valence-electron chi connectivity index (χ1n) is 5.69. The topological polar surface area (TPSA) is 26.0 Å². The van der Waals surface area contributed by atoms with Crippen molar-refractivity contribution in [3.63, 3.8) is 0 Å². The zero-order valence-electron chi connectivity index (χ0n) is 11.1. The van der Waals surface area contributed by atoms with Crippen LogP contribution in [0.3, 0.4) is 0 Å². The molecule has 0 spiro atoms. The lowest BCUT2D eigenvalue weighted by molar-refractivity contribution is -0.138. The van der Waals surface area contributed by atoms with Crippen LogP contribution in [-0.2, 0) is 0 Å². The molecule has 1 atom stereocenters. The van der Waals surface area contributed by atoms with Crippen molar-refractivity contribution < 1.29 is 13.2 Å². The fourth-order valence-electron chi connectivity index (χ4n) is 1.57. The van der Waals surface area contributed by atoms with Gasteiger partial charge in [-0.2, -0.15) is 13.2 Å². The van der Waals surface area contributed by atoms with Crippen LogP contribution in [0.15, 0.2) is 29.2 Å². The zero-order chi connectivity index (χ0) is 14.0. The number of alkyl halides is 3. The Morgan fingerprint density at radius 2 is 1.68 bits per heavy atom. The second-order valence-corrected chi connectivity index (χ2v) is 7.05. The van der Waals surface area contributed by atoms with Crippen molar-refractivity contribution in [3.05, 3.63) is 29.8 Å². The Kier molecular flexibility index (Phi) is 6.72. The second kappa shape index (κ2) is 6.86. The fourth-order valence-corrected chi connectivity index (χ4v) is 2.71. The smallest absolute Gasteiger partial charge is 0.324 e. The molecule has 0 aliphatic heterocycles. The molecule has 6 heteroatoms. The van der Waals surface area contributed by atoms with Crippen LogP contribution in [0.5, 0.6) is 0 Å². The molecule has 0 saturated carbocycles. The van der Waals surface area contributed by atoms with Crippen LogP contribution in [0.4, 0.5) is 13.2 Å². The summed E-state index contributed by atoms with van der Waals surface area (Å²) >= 11 is 1.53. The van der Waals surface area contributed by atoms with Gasteiger partial charge in [0.1, 0.15) is 0 Å². The van der Waals surface area contributed by atoms with Gasteiger partial charge in [-0.15, -0.1) is 24.2 Å². The molecule has 1 aromatic rings. The molecular weight excluding hydrogens is 295 g/mol. The molecule has 1 aromatic carbocycles. The van der Waals surface area contributed by atoms with Crippen LogP contribution in [-0.4, -0.2) is 10.9 Å². The monoisotopic (exact) mass is 313 g/mol. The van der Waals surface area contributed by atoms with E-state index in [1.165, 1.54) is 11.8 Å². The molecule has 0 amide bonds. The normalized spacial score (nSPS) is 13.8. The number of hydrogen-bond acceptors (Lipinski definition) is 2. The van der Waals surface area contributed by atoms with Gasteiger partial charge in [0.25, 0.3) is 0 Å². The van der Waals surface area contributed by atoms with Crippen LogP contribution in [0.25, 0.3) is 0 Å². The largest absolute Gasteiger partial charge is 0.390 e. The van der Waals surface area contributed by atoms with E-state index in [2.05, 4.69) is 0 Å². The molecule has 1 rings (SSSR count). The van der Waals surface area contributed by atoms with E-state index in [0.717, 1.165) is 4.90 Å². The van der Waals surface area contributed by atoms with E-state index >= 15 is 0 Å². The van der Waals surface area contributed by atoms with Gasteiger partial charge in [0.05, 0.1) is 6.42 Å². The van der Waals surface area contributed by atoms with E-state index in [0.29, 0.717) is 5.56 Å². The van der Waals surface area contributed by atoms with Gasteiger partial charge in [0.15, 0.2) is 0 Å². The number of halogens is 4. The predicted octanol–water partition coefficient (Wildman–Crippen LogP) is 4.95. The van der Waals surface area contributed by atoms with Crippen LogP contribution in [0.2, 0.25) is 0 Å². The third-order valence-electron chi connectivity index (χ3n) is 2.19. The second-order valence-electron chi connectivity index (χ2n) is 5.18. The summed E-state index contributed by atoms with van der Waals surface area (Å²) in [5.41, 5.74) is 6.23. The summed E-state index contributed by atoms with van der Waals surface area (Å²) in [6.07, 6.45) is -5.23. The first-order valence-corrected chi connectivity index (χ1v) is 6.50. The summed E-state index contributed by atoms with van der Waals surface area (Å²) < 4.78 is 37.1. The Bertz CT molecular complexity index is 402. The summed E-state index contributed by atoms with van der Waals surface area (Å²) in [4.78, 5) is 0.821. The Hall–Kier alpha value is -0.390. The standard InChI is InChI=1S/C13H18F3NS.ClH/c1-12(2,3)18-11-7-5-4-6-9(11)10(17)8-13(14,15)16;/h4-7,10H,8,17H2,1-3H3;1H/t10-;/m1./s1. The van der Waals surface area contributed by atoms with Gasteiger partial charge >= 0.3 is 6.18 Å². The highest BCUT2D eigenvalue weighted by atomic mass is 35.5. The van der Waals surface area contributed by atoms with Crippen molar-refractivity contribution in [1.82, 2.24) is 0 Å². The molecule has 19 heavy (non-hydrogen) atoms. The quantitative estimate of drug-likeness (QED) is 0.799. The SMILES string of the molecule is CC(C)(C)Sc1ccccc1[C@H](N)CC(F)(F)F.Cl. The van der Waals surface area contributed by atoms with E-state index in [1.54, 1.807) is 12.1 Å². The minimum Gasteiger partial charge on any atom is -0.324 e. The van der Waals surface area contributed by atoms with Crippen LogP contribution in [0.1, 0.15) is 38.8 Å². The molecule has 0 aliphatic rings. The lowest BCUT2D eigenvalue weighted by atomic mass is 10.0.